The average Bonchev–Trinajstić information content (AvgIpc) is 2.73. The lowest BCUT2D eigenvalue weighted by molar-refractivity contribution is 0.385. The fourth-order valence-corrected chi connectivity index (χ4v) is 4.95. The first-order valence-electron chi connectivity index (χ1n) is 7.41. The molecule has 1 saturated heterocycles. The van der Waals surface area contributed by atoms with Crippen molar-refractivity contribution in [1.82, 2.24) is 5.32 Å². The molecule has 0 bridgehead atoms. The van der Waals surface area contributed by atoms with Crippen LogP contribution >= 0.6 is 0 Å². The van der Waals surface area contributed by atoms with E-state index in [1.807, 2.05) is 0 Å². The van der Waals surface area contributed by atoms with Crippen molar-refractivity contribution in [3.05, 3.63) is 34.9 Å². The number of hydrogen-bond acceptors (Lipinski definition) is 3. The quantitative estimate of drug-likeness (QED) is 0.906. The zero-order chi connectivity index (χ0) is 14.8. The third-order valence-electron chi connectivity index (χ3n) is 4.25. The van der Waals surface area contributed by atoms with Gasteiger partial charge in [0, 0.05) is 6.04 Å². The molecule has 1 aliphatic rings. The van der Waals surface area contributed by atoms with Crippen LogP contribution in [0, 0.1) is 19.8 Å². The molecule has 1 heterocycles. The summed E-state index contributed by atoms with van der Waals surface area (Å²) in [6.07, 6.45) is 1.71. The van der Waals surface area contributed by atoms with Gasteiger partial charge in [-0.05, 0) is 50.3 Å². The maximum Gasteiger partial charge on any atom is 0.150 e. The Morgan fingerprint density at radius 1 is 1.35 bits per heavy atom. The van der Waals surface area contributed by atoms with Gasteiger partial charge in [-0.2, -0.15) is 0 Å². The van der Waals surface area contributed by atoms with Crippen LogP contribution in [0.15, 0.2) is 18.2 Å². The van der Waals surface area contributed by atoms with Crippen LogP contribution in [0.2, 0.25) is 0 Å². The smallest absolute Gasteiger partial charge is 0.150 e. The zero-order valence-electron chi connectivity index (χ0n) is 12.6. The highest BCUT2D eigenvalue weighted by atomic mass is 32.2. The van der Waals surface area contributed by atoms with Gasteiger partial charge in [0.2, 0.25) is 0 Å². The Morgan fingerprint density at radius 3 is 2.70 bits per heavy atom. The standard InChI is InChI=1S/C16H25NO2S/c1-4-17-16(14-7-8-20(18,19)11-14)10-15-9-12(2)5-6-13(15)3/h5-6,9,14,16-17H,4,7-8,10-11H2,1-3H3. The summed E-state index contributed by atoms with van der Waals surface area (Å²) in [5.41, 5.74) is 3.89. The molecule has 112 valence electrons. The van der Waals surface area contributed by atoms with Crippen LogP contribution in [0.25, 0.3) is 0 Å². The Morgan fingerprint density at radius 2 is 2.10 bits per heavy atom. The molecule has 1 aliphatic heterocycles. The molecule has 3 nitrogen and oxygen atoms in total. The van der Waals surface area contributed by atoms with E-state index in [0.717, 1.165) is 19.4 Å². The molecular weight excluding hydrogens is 270 g/mol. The third-order valence-corrected chi connectivity index (χ3v) is 6.04. The minimum Gasteiger partial charge on any atom is -0.314 e. The molecule has 0 amide bonds. The Bertz CT molecular complexity index is 566. The van der Waals surface area contributed by atoms with Crippen LogP contribution in [0.5, 0.6) is 0 Å². The van der Waals surface area contributed by atoms with Gasteiger partial charge in [0.25, 0.3) is 0 Å². The normalized spacial score (nSPS) is 22.9. The van der Waals surface area contributed by atoms with Crippen molar-refractivity contribution >= 4 is 9.84 Å². The summed E-state index contributed by atoms with van der Waals surface area (Å²) in [4.78, 5) is 0. The van der Waals surface area contributed by atoms with Crippen LogP contribution in [0.4, 0.5) is 0 Å². The summed E-state index contributed by atoms with van der Waals surface area (Å²) in [7, 11) is -2.81. The fourth-order valence-electron chi connectivity index (χ4n) is 3.07. The molecule has 20 heavy (non-hydrogen) atoms. The van der Waals surface area contributed by atoms with Crippen molar-refractivity contribution in [3.8, 4) is 0 Å². The Balaban J connectivity index is 2.15. The second-order valence-electron chi connectivity index (χ2n) is 5.96. The number of rotatable bonds is 5. The highest BCUT2D eigenvalue weighted by Crippen LogP contribution is 2.25. The number of sulfone groups is 1. The van der Waals surface area contributed by atoms with Crippen molar-refractivity contribution in [3.63, 3.8) is 0 Å². The zero-order valence-corrected chi connectivity index (χ0v) is 13.5. The molecule has 0 saturated carbocycles. The lowest BCUT2D eigenvalue weighted by Crippen LogP contribution is -2.38. The molecule has 2 atom stereocenters. The number of likely N-dealkylation sites (N-methyl/N-ethyl adjacent to an activating group) is 1. The van der Waals surface area contributed by atoms with Gasteiger partial charge in [0.05, 0.1) is 11.5 Å². The molecule has 0 aliphatic carbocycles. The Labute approximate surface area is 122 Å². The molecule has 0 aromatic heterocycles. The van der Waals surface area contributed by atoms with Crippen molar-refractivity contribution < 1.29 is 8.42 Å². The van der Waals surface area contributed by atoms with Gasteiger partial charge in [0.15, 0.2) is 9.84 Å². The van der Waals surface area contributed by atoms with Gasteiger partial charge in [-0.3, -0.25) is 0 Å². The Hall–Kier alpha value is -0.870. The van der Waals surface area contributed by atoms with Crippen molar-refractivity contribution in [2.75, 3.05) is 18.1 Å². The molecule has 0 spiro atoms. The minimum atomic E-state index is -2.81. The average molecular weight is 295 g/mol. The molecule has 1 aromatic rings. The second kappa shape index (κ2) is 6.27. The summed E-state index contributed by atoms with van der Waals surface area (Å²) in [6.45, 7) is 7.19. The minimum absolute atomic E-state index is 0.250. The van der Waals surface area contributed by atoms with Gasteiger partial charge in [-0.25, -0.2) is 8.42 Å². The fraction of sp³-hybridized carbons (Fsp3) is 0.625. The van der Waals surface area contributed by atoms with E-state index < -0.39 is 9.84 Å². The van der Waals surface area contributed by atoms with Crippen molar-refractivity contribution in [1.29, 1.82) is 0 Å². The molecule has 2 rings (SSSR count). The van der Waals surface area contributed by atoms with Crippen LogP contribution in [-0.4, -0.2) is 32.5 Å². The number of aryl methyl sites for hydroxylation is 2. The van der Waals surface area contributed by atoms with Crippen LogP contribution in [-0.2, 0) is 16.3 Å². The molecule has 1 fully saturated rings. The summed E-state index contributed by atoms with van der Waals surface area (Å²) in [5.74, 6) is 0.946. The van der Waals surface area contributed by atoms with Gasteiger partial charge in [-0.1, -0.05) is 30.7 Å². The Kier molecular flexibility index (Phi) is 4.86. The summed E-state index contributed by atoms with van der Waals surface area (Å²) in [6, 6.07) is 6.77. The number of hydrogen-bond donors (Lipinski definition) is 1. The van der Waals surface area contributed by atoms with E-state index >= 15 is 0 Å². The van der Waals surface area contributed by atoms with E-state index in [9.17, 15) is 8.42 Å². The van der Waals surface area contributed by atoms with E-state index in [0.29, 0.717) is 11.5 Å². The summed E-state index contributed by atoms with van der Waals surface area (Å²) >= 11 is 0. The van der Waals surface area contributed by atoms with Gasteiger partial charge in [-0.15, -0.1) is 0 Å². The molecule has 1 N–H and O–H groups in total. The summed E-state index contributed by atoms with van der Waals surface area (Å²) < 4.78 is 23.4. The van der Waals surface area contributed by atoms with E-state index in [1.165, 1.54) is 16.7 Å². The molecule has 0 radical (unpaired) electrons. The number of benzene rings is 1. The maximum absolute atomic E-state index is 11.7. The van der Waals surface area contributed by atoms with Gasteiger partial charge in [0.1, 0.15) is 0 Å². The summed E-state index contributed by atoms with van der Waals surface area (Å²) in [5, 5.41) is 3.49. The largest absolute Gasteiger partial charge is 0.314 e. The first-order valence-corrected chi connectivity index (χ1v) is 9.23. The van der Waals surface area contributed by atoms with E-state index in [-0.39, 0.29) is 12.0 Å². The van der Waals surface area contributed by atoms with Crippen LogP contribution in [0.1, 0.15) is 30.0 Å². The van der Waals surface area contributed by atoms with Crippen LogP contribution < -0.4 is 5.32 Å². The predicted molar refractivity (Wildman–Crippen MR) is 83.8 cm³/mol. The molecule has 4 heteroatoms. The first-order chi connectivity index (χ1) is 9.41. The molecular formula is C16H25NO2S. The lowest BCUT2D eigenvalue weighted by atomic mass is 9.90. The highest BCUT2D eigenvalue weighted by molar-refractivity contribution is 7.91. The third kappa shape index (κ3) is 3.83. The maximum atomic E-state index is 11.7. The monoisotopic (exact) mass is 295 g/mol. The van der Waals surface area contributed by atoms with E-state index in [1.54, 1.807) is 0 Å². The lowest BCUT2D eigenvalue weighted by Gasteiger charge is -2.24. The topological polar surface area (TPSA) is 46.2 Å². The van der Waals surface area contributed by atoms with Crippen molar-refractivity contribution in [2.24, 2.45) is 5.92 Å². The SMILES string of the molecule is CCNC(Cc1cc(C)ccc1C)C1CCS(=O)(=O)C1. The van der Waals surface area contributed by atoms with Gasteiger partial charge >= 0.3 is 0 Å². The molecule has 1 aromatic carbocycles. The van der Waals surface area contributed by atoms with Gasteiger partial charge < -0.3 is 5.32 Å². The highest BCUT2D eigenvalue weighted by Gasteiger charge is 2.33. The van der Waals surface area contributed by atoms with Crippen LogP contribution in [0.3, 0.4) is 0 Å². The predicted octanol–water partition coefficient (Wildman–Crippen LogP) is 2.26. The second-order valence-corrected chi connectivity index (χ2v) is 8.19. The molecule has 2 unspecified atom stereocenters. The number of nitrogens with one attached hydrogen (secondary N) is 1. The van der Waals surface area contributed by atoms with Crippen molar-refractivity contribution in [2.45, 2.75) is 39.7 Å². The first kappa shape index (κ1) is 15.5. The van der Waals surface area contributed by atoms with E-state index in [2.05, 4.69) is 44.3 Å². The van der Waals surface area contributed by atoms with E-state index in [4.69, 9.17) is 0 Å².